The van der Waals surface area contributed by atoms with Gasteiger partial charge in [-0.1, -0.05) is 24.6 Å². The van der Waals surface area contributed by atoms with Crippen molar-refractivity contribution in [1.82, 2.24) is 5.32 Å². The topological polar surface area (TPSA) is 49.3 Å². The number of benzene rings is 1. The van der Waals surface area contributed by atoms with Crippen LogP contribution in [0.4, 0.5) is 0 Å². The van der Waals surface area contributed by atoms with E-state index in [1.807, 2.05) is 0 Å². The maximum absolute atomic E-state index is 11.2. The zero-order valence-corrected chi connectivity index (χ0v) is 12.6. The Bertz CT molecular complexity index is 484. The molecule has 2 rings (SSSR count). The molecule has 1 fully saturated rings. The van der Waals surface area contributed by atoms with Crippen LogP contribution in [0.15, 0.2) is 18.2 Å². The predicted octanol–water partition coefficient (Wildman–Crippen LogP) is 3.45. The fraction of sp³-hybridized carbons (Fsp3) is 0.588. The maximum Gasteiger partial charge on any atom is 0.306 e. The highest BCUT2D eigenvalue weighted by Gasteiger charge is 2.32. The zero-order valence-electron chi connectivity index (χ0n) is 12.6. The largest absolute Gasteiger partial charge is 0.481 e. The molecule has 1 aromatic rings. The monoisotopic (exact) mass is 275 g/mol. The molecule has 0 aliphatic heterocycles. The van der Waals surface area contributed by atoms with Crippen molar-refractivity contribution in [3.05, 3.63) is 34.9 Å². The summed E-state index contributed by atoms with van der Waals surface area (Å²) in [6.45, 7) is 7.19. The molecule has 0 spiro atoms. The van der Waals surface area contributed by atoms with E-state index in [-0.39, 0.29) is 17.9 Å². The minimum Gasteiger partial charge on any atom is -0.481 e. The molecule has 2 N–H and O–H groups in total. The molecule has 1 saturated carbocycles. The highest BCUT2D eigenvalue weighted by molar-refractivity contribution is 5.70. The van der Waals surface area contributed by atoms with Gasteiger partial charge in [0.1, 0.15) is 0 Å². The van der Waals surface area contributed by atoms with Crippen molar-refractivity contribution >= 4 is 5.97 Å². The van der Waals surface area contributed by atoms with Crippen molar-refractivity contribution in [2.75, 3.05) is 6.54 Å². The molecular formula is C17H25NO2. The normalized spacial score (nSPS) is 23.8. The Kier molecular flexibility index (Phi) is 4.81. The van der Waals surface area contributed by atoms with Crippen molar-refractivity contribution in [3.63, 3.8) is 0 Å². The second kappa shape index (κ2) is 6.40. The lowest BCUT2D eigenvalue weighted by molar-refractivity contribution is -0.142. The predicted molar refractivity (Wildman–Crippen MR) is 80.8 cm³/mol. The van der Waals surface area contributed by atoms with Crippen LogP contribution in [0.2, 0.25) is 0 Å². The van der Waals surface area contributed by atoms with Crippen LogP contribution in [-0.4, -0.2) is 17.6 Å². The van der Waals surface area contributed by atoms with E-state index in [1.54, 1.807) is 0 Å². The standard InChI is InChI=1S/C17H25NO2/c1-11-7-8-14(9-12(11)2)13(3)18-10-15-5-4-6-16(15)17(19)20/h7-9,13,15-16,18H,4-6,10H2,1-3H3,(H,19,20). The second-order valence-electron chi connectivity index (χ2n) is 6.11. The fourth-order valence-electron chi connectivity index (χ4n) is 3.09. The SMILES string of the molecule is Cc1ccc(C(C)NCC2CCCC2C(=O)O)cc1C. The molecule has 1 aromatic carbocycles. The summed E-state index contributed by atoms with van der Waals surface area (Å²) in [4.78, 5) is 11.2. The summed E-state index contributed by atoms with van der Waals surface area (Å²) in [6.07, 6.45) is 2.91. The lowest BCUT2D eigenvalue weighted by atomic mass is 9.95. The van der Waals surface area contributed by atoms with Crippen LogP contribution in [0.5, 0.6) is 0 Å². The lowest BCUT2D eigenvalue weighted by Gasteiger charge is -2.21. The van der Waals surface area contributed by atoms with E-state index in [0.717, 1.165) is 25.8 Å². The number of carboxylic acids is 1. The summed E-state index contributed by atoms with van der Waals surface area (Å²) in [5.41, 5.74) is 3.89. The first-order valence-electron chi connectivity index (χ1n) is 7.52. The minimum absolute atomic E-state index is 0.158. The molecule has 0 saturated heterocycles. The Hall–Kier alpha value is -1.35. The van der Waals surface area contributed by atoms with E-state index in [9.17, 15) is 9.90 Å². The van der Waals surface area contributed by atoms with Crippen molar-refractivity contribution in [2.45, 2.75) is 46.1 Å². The van der Waals surface area contributed by atoms with Gasteiger partial charge in [0.05, 0.1) is 5.92 Å². The van der Waals surface area contributed by atoms with Crippen LogP contribution in [0, 0.1) is 25.7 Å². The van der Waals surface area contributed by atoms with Crippen molar-refractivity contribution in [2.24, 2.45) is 11.8 Å². The Morgan fingerprint density at radius 3 is 2.75 bits per heavy atom. The van der Waals surface area contributed by atoms with Crippen LogP contribution < -0.4 is 5.32 Å². The molecule has 0 bridgehead atoms. The first kappa shape index (κ1) is 15.0. The fourth-order valence-corrected chi connectivity index (χ4v) is 3.09. The molecule has 1 aliphatic carbocycles. The van der Waals surface area contributed by atoms with Crippen LogP contribution in [0.25, 0.3) is 0 Å². The number of aryl methyl sites for hydroxylation is 2. The van der Waals surface area contributed by atoms with Crippen molar-refractivity contribution in [1.29, 1.82) is 0 Å². The summed E-state index contributed by atoms with van der Waals surface area (Å²) in [6, 6.07) is 6.79. The summed E-state index contributed by atoms with van der Waals surface area (Å²) < 4.78 is 0. The number of aliphatic carboxylic acids is 1. The van der Waals surface area contributed by atoms with E-state index in [0.29, 0.717) is 0 Å². The quantitative estimate of drug-likeness (QED) is 0.865. The molecule has 1 aliphatic rings. The molecule has 3 nitrogen and oxygen atoms in total. The summed E-state index contributed by atoms with van der Waals surface area (Å²) >= 11 is 0. The van der Waals surface area contributed by atoms with Gasteiger partial charge in [-0.05, 0) is 62.8 Å². The van der Waals surface area contributed by atoms with Crippen LogP contribution in [0.1, 0.15) is 48.9 Å². The Morgan fingerprint density at radius 2 is 2.10 bits per heavy atom. The van der Waals surface area contributed by atoms with E-state index in [2.05, 4.69) is 44.3 Å². The number of hydrogen-bond acceptors (Lipinski definition) is 2. The average molecular weight is 275 g/mol. The third kappa shape index (κ3) is 3.40. The second-order valence-corrected chi connectivity index (χ2v) is 6.11. The molecule has 3 unspecified atom stereocenters. The molecule has 110 valence electrons. The van der Waals surface area contributed by atoms with E-state index in [4.69, 9.17) is 0 Å². The average Bonchev–Trinajstić information content (AvgIpc) is 2.87. The first-order valence-corrected chi connectivity index (χ1v) is 7.52. The summed E-state index contributed by atoms with van der Waals surface area (Å²) in [7, 11) is 0. The van der Waals surface area contributed by atoms with E-state index < -0.39 is 5.97 Å². The molecule has 0 radical (unpaired) electrons. The number of hydrogen-bond donors (Lipinski definition) is 2. The molecular weight excluding hydrogens is 250 g/mol. The summed E-state index contributed by atoms with van der Waals surface area (Å²) in [5, 5.41) is 12.7. The molecule has 20 heavy (non-hydrogen) atoms. The third-order valence-corrected chi connectivity index (χ3v) is 4.69. The van der Waals surface area contributed by atoms with Crippen molar-refractivity contribution in [3.8, 4) is 0 Å². The first-order chi connectivity index (χ1) is 9.49. The number of rotatable bonds is 5. The van der Waals surface area contributed by atoms with Gasteiger partial charge in [-0.3, -0.25) is 4.79 Å². The third-order valence-electron chi connectivity index (χ3n) is 4.69. The van der Waals surface area contributed by atoms with E-state index >= 15 is 0 Å². The van der Waals surface area contributed by atoms with Gasteiger partial charge in [0, 0.05) is 6.04 Å². The van der Waals surface area contributed by atoms with Gasteiger partial charge in [0.15, 0.2) is 0 Å². The number of carbonyl (C=O) groups is 1. The number of carboxylic acid groups (broad SMARTS) is 1. The van der Waals surface area contributed by atoms with Gasteiger partial charge in [0.25, 0.3) is 0 Å². The number of nitrogens with one attached hydrogen (secondary N) is 1. The van der Waals surface area contributed by atoms with Gasteiger partial charge >= 0.3 is 5.97 Å². The Balaban J connectivity index is 1.93. The van der Waals surface area contributed by atoms with Gasteiger partial charge in [0.2, 0.25) is 0 Å². The van der Waals surface area contributed by atoms with Crippen LogP contribution >= 0.6 is 0 Å². The highest BCUT2D eigenvalue weighted by Crippen LogP contribution is 2.31. The summed E-state index contributed by atoms with van der Waals surface area (Å²) in [5.74, 6) is -0.510. The maximum atomic E-state index is 11.2. The molecule has 0 amide bonds. The smallest absolute Gasteiger partial charge is 0.306 e. The van der Waals surface area contributed by atoms with E-state index in [1.165, 1.54) is 16.7 Å². The van der Waals surface area contributed by atoms with Crippen molar-refractivity contribution < 1.29 is 9.90 Å². The van der Waals surface area contributed by atoms with Gasteiger partial charge in [-0.2, -0.15) is 0 Å². The minimum atomic E-state index is -0.631. The zero-order chi connectivity index (χ0) is 14.7. The molecule has 3 atom stereocenters. The van der Waals surface area contributed by atoms with Gasteiger partial charge < -0.3 is 10.4 Å². The van der Waals surface area contributed by atoms with Gasteiger partial charge in [-0.25, -0.2) is 0 Å². The molecule has 3 heteroatoms. The molecule has 0 heterocycles. The van der Waals surface area contributed by atoms with Gasteiger partial charge in [-0.15, -0.1) is 0 Å². The van der Waals surface area contributed by atoms with Crippen LogP contribution in [-0.2, 0) is 4.79 Å². The lowest BCUT2D eigenvalue weighted by Crippen LogP contribution is -2.30. The highest BCUT2D eigenvalue weighted by atomic mass is 16.4. The van der Waals surface area contributed by atoms with Crippen LogP contribution in [0.3, 0.4) is 0 Å². The molecule has 0 aromatic heterocycles. The Labute approximate surface area is 121 Å². The Morgan fingerprint density at radius 1 is 1.35 bits per heavy atom.